The van der Waals surface area contributed by atoms with Gasteiger partial charge in [0, 0.05) is 24.8 Å². The van der Waals surface area contributed by atoms with Gasteiger partial charge < -0.3 is 5.32 Å². The van der Waals surface area contributed by atoms with Crippen molar-refractivity contribution in [2.75, 3.05) is 5.32 Å². The summed E-state index contributed by atoms with van der Waals surface area (Å²) in [5, 5.41) is 3.21. The highest BCUT2D eigenvalue weighted by Gasteiger charge is 2.05. The van der Waals surface area contributed by atoms with E-state index in [0.717, 1.165) is 10.0 Å². The minimum Gasteiger partial charge on any atom is -0.348 e. The maximum absolute atomic E-state index is 4.16. The van der Waals surface area contributed by atoms with Crippen molar-refractivity contribution in [2.45, 2.75) is 13.0 Å². The molecular weight excluding hydrogens is 268 g/mol. The molecule has 2 aromatic rings. The molecule has 5 heteroatoms. The van der Waals surface area contributed by atoms with Gasteiger partial charge in [0.05, 0.1) is 10.5 Å². The molecule has 0 aromatic carbocycles. The Morgan fingerprint density at radius 1 is 1.19 bits per heavy atom. The molecule has 2 heterocycles. The van der Waals surface area contributed by atoms with Crippen LogP contribution in [0.2, 0.25) is 0 Å². The smallest absolute Gasteiger partial charge is 0.223 e. The van der Waals surface area contributed by atoms with Crippen molar-refractivity contribution < 1.29 is 0 Å². The van der Waals surface area contributed by atoms with E-state index in [-0.39, 0.29) is 6.04 Å². The standard InChI is InChI=1S/C11H11BrN4/c1-8(9-2-4-13-5-3-9)16-11-14-6-10(12)7-15-11/h2-8H,1H3,(H,14,15,16). The van der Waals surface area contributed by atoms with Crippen LogP contribution >= 0.6 is 15.9 Å². The Labute approximate surface area is 102 Å². The Morgan fingerprint density at radius 3 is 2.44 bits per heavy atom. The van der Waals surface area contributed by atoms with Gasteiger partial charge in [-0.05, 0) is 40.5 Å². The Bertz CT molecular complexity index is 443. The predicted octanol–water partition coefficient (Wildman–Crippen LogP) is 2.81. The molecule has 0 aliphatic heterocycles. The molecule has 0 radical (unpaired) electrons. The van der Waals surface area contributed by atoms with Gasteiger partial charge in [0.1, 0.15) is 0 Å². The summed E-state index contributed by atoms with van der Waals surface area (Å²) in [4.78, 5) is 12.3. The average Bonchev–Trinajstić information content (AvgIpc) is 2.33. The van der Waals surface area contributed by atoms with Crippen molar-refractivity contribution in [3.63, 3.8) is 0 Å². The first-order valence-corrected chi connectivity index (χ1v) is 5.69. The summed E-state index contributed by atoms with van der Waals surface area (Å²) in [6.45, 7) is 2.06. The van der Waals surface area contributed by atoms with Crippen LogP contribution in [0.1, 0.15) is 18.5 Å². The van der Waals surface area contributed by atoms with Gasteiger partial charge in [-0.15, -0.1) is 0 Å². The molecule has 1 atom stereocenters. The maximum Gasteiger partial charge on any atom is 0.223 e. The Kier molecular flexibility index (Phi) is 3.46. The third-order valence-corrected chi connectivity index (χ3v) is 2.58. The number of pyridine rings is 1. The van der Waals surface area contributed by atoms with Crippen molar-refractivity contribution in [3.8, 4) is 0 Å². The number of anilines is 1. The molecule has 82 valence electrons. The monoisotopic (exact) mass is 278 g/mol. The van der Waals surface area contributed by atoms with Gasteiger partial charge in [-0.1, -0.05) is 0 Å². The van der Waals surface area contributed by atoms with Gasteiger partial charge in [-0.25, -0.2) is 9.97 Å². The molecule has 1 N–H and O–H groups in total. The quantitative estimate of drug-likeness (QED) is 0.938. The molecule has 2 aromatic heterocycles. The first-order valence-electron chi connectivity index (χ1n) is 4.90. The summed E-state index contributed by atoms with van der Waals surface area (Å²) in [5.41, 5.74) is 1.15. The number of hydrogen-bond donors (Lipinski definition) is 1. The van der Waals surface area contributed by atoms with E-state index in [2.05, 4.69) is 43.1 Å². The highest BCUT2D eigenvalue weighted by atomic mass is 79.9. The zero-order valence-electron chi connectivity index (χ0n) is 8.76. The summed E-state index contributed by atoms with van der Waals surface area (Å²) < 4.78 is 0.870. The van der Waals surface area contributed by atoms with Crippen molar-refractivity contribution in [3.05, 3.63) is 47.0 Å². The Morgan fingerprint density at radius 2 is 1.81 bits per heavy atom. The SMILES string of the molecule is CC(Nc1ncc(Br)cn1)c1ccncc1. The van der Waals surface area contributed by atoms with Crippen LogP contribution in [0.15, 0.2) is 41.4 Å². The molecule has 0 aliphatic rings. The molecule has 0 fully saturated rings. The molecule has 0 bridgehead atoms. The first-order chi connectivity index (χ1) is 7.75. The second kappa shape index (κ2) is 5.03. The van der Waals surface area contributed by atoms with E-state index in [9.17, 15) is 0 Å². The van der Waals surface area contributed by atoms with Crippen LogP contribution in [0.3, 0.4) is 0 Å². The highest BCUT2D eigenvalue weighted by Crippen LogP contribution is 2.16. The molecule has 1 unspecified atom stereocenters. The van der Waals surface area contributed by atoms with E-state index in [1.54, 1.807) is 24.8 Å². The molecular formula is C11H11BrN4. The van der Waals surface area contributed by atoms with E-state index >= 15 is 0 Å². The number of halogens is 1. The summed E-state index contributed by atoms with van der Waals surface area (Å²) in [5.74, 6) is 0.618. The van der Waals surface area contributed by atoms with Crippen molar-refractivity contribution in [1.29, 1.82) is 0 Å². The van der Waals surface area contributed by atoms with Crippen LogP contribution in [0.5, 0.6) is 0 Å². The second-order valence-corrected chi connectivity index (χ2v) is 4.29. The summed E-state index contributed by atoms with van der Waals surface area (Å²) >= 11 is 3.30. The average molecular weight is 279 g/mol. The molecule has 0 aliphatic carbocycles. The zero-order chi connectivity index (χ0) is 11.4. The molecule has 4 nitrogen and oxygen atoms in total. The molecule has 2 rings (SSSR count). The van der Waals surface area contributed by atoms with Gasteiger partial charge in [0.15, 0.2) is 0 Å². The zero-order valence-corrected chi connectivity index (χ0v) is 10.3. The van der Waals surface area contributed by atoms with Gasteiger partial charge in [0.25, 0.3) is 0 Å². The third kappa shape index (κ3) is 2.76. The summed E-state index contributed by atoms with van der Waals surface area (Å²) in [6, 6.07) is 4.09. The lowest BCUT2D eigenvalue weighted by molar-refractivity contribution is 0.856. The topological polar surface area (TPSA) is 50.7 Å². The summed E-state index contributed by atoms with van der Waals surface area (Å²) in [6.07, 6.45) is 6.98. The lowest BCUT2D eigenvalue weighted by atomic mass is 10.1. The Balaban J connectivity index is 2.08. The van der Waals surface area contributed by atoms with Crippen molar-refractivity contribution in [2.24, 2.45) is 0 Å². The fraction of sp³-hybridized carbons (Fsp3) is 0.182. The highest BCUT2D eigenvalue weighted by molar-refractivity contribution is 9.10. The Hall–Kier alpha value is -1.49. The molecule has 0 saturated heterocycles. The van der Waals surface area contributed by atoms with Crippen LogP contribution in [-0.2, 0) is 0 Å². The number of hydrogen-bond acceptors (Lipinski definition) is 4. The van der Waals surface area contributed by atoms with Crippen LogP contribution < -0.4 is 5.32 Å². The maximum atomic E-state index is 4.16. The van der Waals surface area contributed by atoms with E-state index in [1.165, 1.54) is 0 Å². The predicted molar refractivity (Wildman–Crippen MR) is 66.0 cm³/mol. The van der Waals surface area contributed by atoms with Crippen LogP contribution in [0, 0.1) is 0 Å². The minimum atomic E-state index is 0.157. The normalized spacial score (nSPS) is 12.1. The van der Waals surface area contributed by atoms with Gasteiger partial charge in [-0.3, -0.25) is 4.98 Å². The van der Waals surface area contributed by atoms with E-state index in [0.29, 0.717) is 5.95 Å². The third-order valence-electron chi connectivity index (χ3n) is 2.17. The molecule has 0 saturated carbocycles. The lowest BCUT2D eigenvalue weighted by Gasteiger charge is -2.13. The van der Waals surface area contributed by atoms with Crippen LogP contribution in [0.4, 0.5) is 5.95 Å². The van der Waals surface area contributed by atoms with Crippen LogP contribution in [-0.4, -0.2) is 15.0 Å². The van der Waals surface area contributed by atoms with E-state index in [4.69, 9.17) is 0 Å². The number of nitrogens with one attached hydrogen (secondary N) is 1. The largest absolute Gasteiger partial charge is 0.348 e. The summed E-state index contributed by atoms with van der Waals surface area (Å²) in [7, 11) is 0. The van der Waals surface area contributed by atoms with Gasteiger partial charge >= 0.3 is 0 Å². The van der Waals surface area contributed by atoms with Crippen LogP contribution in [0.25, 0.3) is 0 Å². The molecule has 0 amide bonds. The van der Waals surface area contributed by atoms with Gasteiger partial charge in [-0.2, -0.15) is 0 Å². The second-order valence-electron chi connectivity index (χ2n) is 3.37. The number of aromatic nitrogens is 3. The van der Waals surface area contributed by atoms with Gasteiger partial charge in [0.2, 0.25) is 5.95 Å². The lowest BCUT2D eigenvalue weighted by Crippen LogP contribution is -2.09. The van der Waals surface area contributed by atoms with E-state index < -0.39 is 0 Å². The fourth-order valence-electron chi connectivity index (χ4n) is 1.32. The molecule has 16 heavy (non-hydrogen) atoms. The number of rotatable bonds is 3. The first kappa shape index (κ1) is 11.0. The molecule has 0 spiro atoms. The van der Waals surface area contributed by atoms with Crippen molar-refractivity contribution in [1.82, 2.24) is 15.0 Å². The van der Waals surface area contributed by atoms with E-state index in [1.807, 2.05) is 12.1 Å². The minimum absolute atomic E-state index is 0.157. The fourth-order valence-corrected chi connectivity index (χ4v) is 1.52. The number of nitrogens with zero attached hydrogens (tertiary/aromatic N) is 3. The van der Waals surface area contributed by atoms with Crippen molar-refractivity contribution >= 4 is 21.9 Å².